The van der Waals surface area contributed by atoms with Crippen molar-refractivity contribution in [3.63, 3.8) is 0 Å². The van der Waals surface area contributed by atoms with Gasteiger partial charge in [0.2, 0.25) is 0 Å². The van der Waals surface area contributed by atoms with Crippen molar-refractivity contribution in [2.45, 2.75) is 6.92 Å². The maximum Gasteiger partial charge on any atom is 0.272 e. The van der Waals surface area contributed by atoms with Crippen molar-refractivity contribution in [2.24, 2.45) is 10.9 Å². The Bertz CT molecular complexity index is 509. The molecule has 1 amide bonds. The molecule has 0 spiro atoms. The van der Waals surface area contributed by atoms with Gasteiger partial charge in [0.25, 0.3) is 5.91 Å². The van der Waals surface area contributed by atoms with Gasteiger partial charge in [-0.05, 0) is 19.1 Å². The molecule has 1 aliphatic heterocycles. The number of hydrogen-bond donors (Lipinski definition) is 2. The maximum atomic E-state index is 12.3. The largest absolute Gasteiger partial charge is 0.409 e. The molecular formula is C13H19N5O2. The number of piperazine rings is 1. The molecule has 1 aliphatic rings. The summed E-state index contributed by atoms with van der Waals surface area (Å²) < 4.78 is 0. The number of carbonyl (C=O) groups excluding carboxylic acids is 1. The van der Waals surface area contributed by atoms with E-state index >= 15 is 0 Å². The number of amidine groups is 1. The zero-order valence-electron chi connectivity index (χ0n) is 11.5. The van der Waals surface area contributed by atoms with Crippen LogP contribution in [0.25, 0.3) is 0 Å². The Balaban J connectivity index is 1.92. The number of rotatable bonds is 3. The lowest BCUT2D eigenvalue weighted by Crippen LogP contribution is -2.50. The molecule has 0 aromatic carbocycles. The van der Waals surface area contributed by atoms with Crippen molar-refractivity contribution in [2.75, 3.05) is 32.7 Å². The fraction of sp³-hybridized carbons (Fsp3) is 0.462. The van der Waals surface area contributed by atoms with Gasteiger partial charge in [0.15, 0.2) is 5.84 Å². The predicted octanol–water partition coefficient (Wildman–Crippen LogP) is -0.106. The van der Waals surface area contributed by atoms with E-state index in [1.54, 1.807) is 11.0 Å². The maximum absolute atomic E-state index is 12.3. The summed E-state index contributed by atoms with van der Waals surface area (Å²) in [6.07, 6.45) is 0. The molecule has 1 fully saturated rings. The van der Waals surface area contributed by atoms with Crippen LogP contribution in [0.15, 0.2) is 23.4 Å². The summed E-state index contributed by atoms with van der Waals surface area (Å²) >= 11 is 0. The molecule has 2 heterocycles. The molecule has 0 unspecified atom stereocenters. The molecule has 108 valence electrons. The van der Waals surface area contributed by atoms with Gasteiger partial charge < -0.3 is 15.8 Å². The zero-order chi connectivity index (χ0) is 14.5. The Morgan fingerprint density at radius 1 is 1.40 bits per heavy atom. The van der Waals surface area contributed by atoms with Gasteiger partial charge in [-0.15, -0.1) is 0 Å². The molecule has 1 saturated heterocycles. The summed E-state index contributed by atoms with van der Waals surface area (Å²) in [6, 6.07) is 5.44. The molecule has 0 saturated carbocycles. The number of aromatic nitrogens is 1. The Kier molecular flexibility index (Phi) is 4.52. The number of nitrogens with two attached hydrogens (primary N) is 1. The van der Waals surface area contributed by atoms with Gasteiger partial charge in [-0.2, -0.15) is 0 Å². The molecule has 7 nitrogen and oxygen atoms in total. The first-order valence-electron chi connectivity index (χ1n) is 6.52. The Morgan fingerprint density at radius 3 is 2.70 bits per heavy atom. The Labute approximate surface area is 117 Å². The highest BCUT2D eigenvalue weighted by Crippen LogP contribution is 2.07. The third-order valence-electron chi connectivity index (χ3n) is 3.28. The van der Waals surface area contributed by atoms with Gasteiger partial charge in [0, 0.05) is 31.9 Å². The van der Waals surface area contributed by atoms with Crippen molar-refractivity contribution in [3.8, 4) is 0 Å². The van der Waals surface area contributed by atoms with E-state index in [1.165, 1.54) is 0 Å². The van der Waals surface area contributed by atoms with Crippen LogP contribution in [0.3, 0.4) is 0 Å². The van der Waals surface area contributed by atoms with E-state index in [9.17, 15) is 4.79 Å². The van der Waals surface area contributed by atoms with Gasteiger partial charge >= 0.3 is 0 Å². The average molecular weight is 277 g/mol. The smallest absolute Gasteiger partial charge is 0.272 e. The van der Waals surface area contributed by atoms with Gasteiger partial charge in [0.1, 0.15) is 5.69 Å². The number of aryl methyl sites for hydroxylation is 1. The van der Waals surface area contributed by atoms with E-state index < -0.39 is 0 Å². The lowest BCUT2D eigenvalue weighted by atomic mass is 10.2. The van der Waals surface area contributed by atoms with Crippen LogP contribution in [-0.4, -0.2) is 64.5 Å². The van der Waals surface area contributed by atoms with E-state index in [4.69, 9.17) is 10.9 Å². The summed E-state index contributed by atoms with van der Waals surface area (Å²) in [6.45, 7) is 4.93. The monoisotopic (exact) mass is 277 g/mol. The molecule has 1 aromatic heterocycles. The van der Waals surface area contributed by atoms with E-state index in [1.807, 2.05) is 24.0 Å². The van der Waals surface area contributed by atoms with E-state index in [0.29, 0.717) is 38.4 Å². The number of oxime groups is 1. The van der Waals surface area contributed by atoms with Crippen molar-refractivity contribution < 1.29 is 10.0 Å². The molecule has 7 heteroatoms. The second-order valence-corrected chi connectivity index (χ2v) is 4.82. The highest BCUT2D eigenvalue weighted by Gasteiger charge is 2.23. The number of amides is 1. The van der Waals surface area contributed by atoms with Gasteiger partial charge in [0.05, 0.1) is 6.54 Å². The van der Waals surface area contributed by atoms with E-state index in [-0.39, 0.29) is 11.7 Å². The second kappa shape index (κ2) is 6.33. The molecule has 0 aliphatic carbocycles. The fourth-order valence-electron chi connectivity index (χ4n) is 2.19. The number of pyridine rings is 1. The highest BCUT2D eigenvalue weighted by atomic mass is 16.4. The molecule has 20 heavy (non-hydrogen) atoms. The van der Waals surface area contributed by atoms with Crippen molar-refractivity contribution in [1.29, 1.82) is 0 Å². The molecule has 0 bridgehead atoms. The highest BCUT2D eigenvalue weighted by molar-refractivity contribution is 5.92. The summed E-state index contributed by atoms with van der Waals surface area (Å²) in [5, 5.41) is 11.5. The lowest BCUT2D eigenvalue weighted by molar-refractivity contribution is 0.0647. The van der Waals surface area contributed by atoms with Gasteiger partial charge in [-0.1, -0.05) is 11.2 Å². The van der Waals surface area contributed by atoms with Crippen LogP contribution in [0.2, 0.25) is 0 Å². The Hall–Kier alpha value is -2.15. The molecule has 2 rings (SSSR count). The Morgan fingerprint density at radius 2 is 2.10 bits per heavy atom. The summed E-state index contributed by atoms with van der Waals surface area (Å²) in [7, 11) is 0. The van der Waals surface area contributed by atoms with Crippen LogP contribution in [0.1, 0.15) is 16.2 Å². The second-order valence-electron chi connectivity index (χ2n) is 4.82. The van der Waals surface area contributed by atoms with Crippen molar-refractivity contribution in [3.05, 3.63) is 29.6 Å². The van der Waals surface area contributed by atoms with Gasteiger partial charge in [-0.3, -0.25) is 9.69 Å². The summed E-state index contributed by atoms with van der Waals surface area (Å²) in [5.41, 5.74) is 6.79. The minimum atomic E-state index is -0.0443. The minimum Gasteiger partial charge on any atom is -0.409 e. The quantitative estimate of drug-likeness (QED) is 0.348. The first-order valence-corrected chi connectivity index (χ1v) is 6.52. The third-order valence-corrected chi connectivity index (χ3v) is 3.28. The van der Waals surface area contributed by atoms with Crippen LogP contribution < -0.4 is 5.73 Å². The third kappa shape index (κ3) is 3.45. The van der Waals surface area contributed by atoms with Crippen LogP contribution in [0.5, 0.6) is 0 Å². The van der Waals surface area contributed by atoms with Crippen LogP contribution in [0.4, 0.5) is 0 Å². The topological polar surface area (TPSA) is 95.1 Å². The molecule has 1 aromatic rings. The number of hydrogen-bond acceptors (Lipinski definition) is 5. The molecule has 0 atom stereocenters. The van der Waals surface area contributed by atoms with Crippen LogP contribution in [-0.2, 0) is 0 Å². The predicted molar refractivity (Wildman–Crippen MR) is 74.7 cm³/mol. The van der Waals surface area contributed by atoms with E-state index in [2.05, 4.69) is 10.1 Å². The van der Waals surface area contributed by atoms with Crippen LogP contribution >= 0.6 is 0 Å². The van der Waals surface area contributed by atoms with Gasteiger partial charge in [-0.25, -0.2) is 4.98 Å². The molecule has 3 N–H and O–H groups in total. The fourth-order valence-corrected chi connectivity index (χ4v) is 2.19. The van der Waals surface area contributed by atoms with Crippen molar-refractivity contribution in [1.82, 2.24) is 14.8 Å². The van der Waals surface area contributed by atoms with E-state index in [0.717, 1.165) is 5.69 Å². The normalized spacial score (nSPS) is 17.2. The van der Waals surface area contributed by atoms with Crippen molar-refractivity contribution >= 4 is 11.7 Å². The average Bonchev–Trinajstić information content (AvgIpc) is 2.47. The number of nitrogens with zero attached hydrogens (tertiary/aromatic N) is 4. The van der Waals surface area contributed by atoms with Crippen LogP contribution in [0, 0.1) is 6.92 Å². The standard InChI is InChI=1S/C13H19N5O2/c1-10-3-2-4-11(15-10)13(19)18-7-5-17(6-8-18)9-12(14)16-20/h2-4,20H,5-9H2,1H3,(H2,14,16). The SMILES string of the molecule is Cc1cccc(C(=O)N2CCN(CC(N)=NO)CC2)n1. The molecular weight excluding hydrogens is 258 g/mol. The first-order chi connectivity index (χ1) is 9.60. The molecule has 0 radical (unpaired) electrons. The number of carbonyl (C=O) groups is 1. The summed E-state index contributed by atoms with van der Waals surface area (Å²) in [5.74, 6) is 0.141. The minimum absolute atomic E-state index is 0.0443. The summed E-state index contributed by atoms with van der Waals surface area (Å²) in [4.78, 5) is 20.4. The first kappa shape index (κ1) is 14.3. The lowest BCUT2D eigenvalue weighted by Gasteiger charge is -2.34. The zero-order valence-corrected chi connectivity index (χ0v) is 11.5.